The van der Waals surface area contributed by atoms with Crippen molar-refractivity contribution in [2.45, 2.75) is 19.3 Å². The van der Waals surface area contributed by atoms with Crippen molar-refractivity contribution in [3.8, 4) is 0 Å². The lowest BCUT2D eigenvalue weighted by Gasteiger charge is -1.88. The van der Waals surface area contributed by atoms with Gasteiger partial charge in [0.2, 0.25) is 0 Å². The molecule has 0 spiro atoms. The van der Waals surface area contributed by atoms with E-state index >= 15 is 0 Å². The average molecular weight is 207 g/mol. The molecule has 0 atom stereocenters. The summed E-state index contributed by atoms with van der Waals surface area (Å²) in [6.45, 7) is 0. The Morgan fingerprint density at radius 3 is 2.70 bits per heavy atom. The zero-order valence-electron chi connectivity index (χ0n) is 5.72. The Bertz CT molecular complexity index is 121. The fourth-order valence-electron chi connectivity index (χ4n) is 0.541. The van der Waals surface area contributed by atoms with E-state index in [1.807, 2.05) is 0 Å². The van der Waals surface area contributed by atoms with Crippen molar-refractivity contribution >= 4 is 21.9 Å². The number of halogens is 1. The molecule has 2 nitrogen and oxygen atoms in total. The minimum Gasteiger partial charge on any atom is -0.478 e. The fourth-order valence-corrected chi connectivity index (χ4v) is 0.937. The molecule has 0 aromatic heterocycles. The Balaban J connectivity index is 3.10. The maximum absolute atomic E-state index is 9.94. The third kappa shape index (κ3) is 7.69. The Hall–Kier alpha value is -0.310. The third-order valence-electron chi connectivity index (χ3n) is 1.01. The first-order valence-electron chi connectivity index (χ1n) is 3.23. The number of aliphatic carboxylic acids is 1. The van der Waals surface area contributed by atoms with Gasteiger partial charge in [0.15, 0.2) is 0 Å². The highest BCUT2D eigenvalue weighted by Gasteiger charge is 1.85. The summed E-state index contributed by atoms with van der Waals surface area (Å²) in [6, 6.07) is 0. The quantitative estimate of drug-likeness (QED) is 0.426. The van der Waals surface area contributed by atoms with Crippen LogP contribution in [0.1, 0.15) is 19.3 Å². The standard InChI is InChI=1S/C7H11BrO2/c8-6-4-2-1-3-5-7(9)10/h3,5H,1-2,4,6H2,(H,9,10). The first-order valence-corrected chi connectivity index (χ1v) is 4.35. The van der Waals surface area contributed by atoms with Crippen molar-refractivity contribution in [1.29, 1.82) is 0 Å². The van der Waals surface area contributed by atoms with Gasteiger partial charge in [0.25, 0.3) is 0 Å². The summed E-state index contributed by atoms with van der Waals surface area (Å²) in [6.07, 6.45) is 5.89. The predicted molar refractivity (Wildman–Crippen MR) is 44.4 cm³/mol. The van der Waals surface area contributed by atoms with Crippen molar-refractivity contribution in [3.05, 3.63) is 12.2 Å². The van der Waals surface area contributed by atoms with Gasteiger partial charge in [-0.15, -0.1) is 0 Å². The second-order valence-corrected chi connectivity index (χ2v) is 2.72. The Labute approximate surface area is 69.1 Å². The zero-order chi connectivity index (χ0) is 7.82. The van der Waals surface area contributed by atoms with E-state index in [4.69, 9.17) is 5.11 Å². The molecule has 0 saturated heterocycles. The number of allylic oxidation sites excluding steroid dienone is 1. The minimum absolute atomic E-state index is 0.859. The SMILES string of the molecule is O=C(O)C=CCCCCBr. The lowest BCUT2D eigenvalue weighted by Crippen LogP contribution is -1.85. The molecule has 3 heteroatoms. The van der Waals surface area contributed by atoms with Gasteiger partial charge in [0.05, 0.1) is 0 Å². The average Bonchev–Trinajstić information content (AvgIpc) is 1.87. The van der Waals surface area contributed by atoms with Crippen molar-refractivity contribution < 1.29 is 9.90 Å². The van der Waals surface area contributed by atoms with E-state index in [0.717, 1.165) is 24.6 Å². The molecule has 58 valence electrons. The van der Waals surface area contributed by atoms with Gasteiger partial charge in [-0.25, -0.2) is 4.79 Å². The molecule has 0 rings (SSSR count). The summed E-state index contributed by atoms with van der Waals surface area (Å²) in [7, 11) is 0. The Morgan fingerprint density at radius 1 is 1.50 bits per heavy atom. The molecule has 0 aliphatic heterocycles. The molecule has 0 aromatic carbocycles. The molecule has 1 N–H and O–H groups in total. The number of carboxylic acids is 1. The molecule has 0 fully saturated rings. The van der Waals surface area contributed by atoms with Crippen LogP contribution in [0.2, 0.25) is 0 Å². The molecule has 0 aliphatic carbocycles. The number of carbonyl (C=O) groups is 1. The Morgan fingerprint density at radius 2 is 2.20 bits per heavy atom. The van der Waals surface area contributed by atoms with Gasteiger partial charge in [-0.05, 0) is 19.3 Å². The van der Waals surface area contributed by atoms with Crippen LogP contribution in [0.4, 0.5) is 0 Å². The van der Waals surface area contributed by atoms with Crippen LogP contribution >= 0.6 is 15.9 Å². The van der Waals surface area contributed by atoms with Crippen LogP contribution in [0.3, 0.4) is 0 Å². The van der Waals surface area contributed by atoms with Gasteiger partial charge in [-0.3, -0.25) is 0 Å². The summed E-state index contributed by atoms with van der Waals surface area (Å²) in [4.78, 5) is 9.94. The van der Waals surface area contributed by atoms with Crippen LogP contribution in [0.15, 0.2) is 12.2 Å². The van der Waals surface area contributed by atoms with E-state index in [1.54, 1.807) is 6.08 Å². The van der Waals surface area contributed by atoms with Crippen LogP contribution in [-0.2, 0) is 4.79 Å². The van der Waals surface area contributed by atoms with Gasteiger partial charge in [0.1, 0.15) is 0 Å². The van der Waals surface area contributed by atoms with E-state index in [2.05, 4.69) is 15.9 Å². The molecule has 0 heterocycles. The van der Waals surface area contributed by atoms with Crippen LogP contribution in [0.5, 0.6) is 0 Å². The summed E-state index contributed by atoms with van der Waals surface area (Å²) < 4.78 is 0. The van der Waals surface area contributed by atoms with Crippen LogP contribution < -0.4 is 0 Å². The molecule has 0 aromatic rings. The summed E-state index contributed by atoms with van der Waals surface area (Å²) in [5, 5.41) is 9.17. The third-order valence-corrected chi connectivity index (χ3v) is 1.58. The largest absolute Gasteiger partial charge is 0.478 e. The molecule has 0 unspecified atom stereocenters. The topological polar surface area (TPSA) is 37.3 Å². The van der Waals surface area contributed by atoms with Crippen LogP contribution in [0, 0.1) is 0 Å². The van der Waals surface area contributed by atoms with Gasteiger partial charge >= 0.3 is 5.97 Å². The number of carboxylic acid groups (broad SMARTS) is 1. The summed E-state index contributed by atoms with van der Waals surface area (Å²) in [5.41, 5.74) is 0. The molecule has 0 saturated carbocycles. The van der Waals surface area contributed by atoms with Crippen molar-refractivity contribution in [1.82, 2.24) is 0 Å². The van der Waals surface area contributed by atoms with Crippen molar-refractivity contribution in [2.24, 2.45) is 0 Å². The second-order valence-electron chi connectivity index (χ2n) is 1.93. The van der Waals surface area contributed by atoms with Crippen LogP contribution in [-0.4, -0.2) is 16.4 Å². The van der Waals surface area contributed by atoms with E-state index < -0.39 is 5.97 Å². The zero-order valence-corrected chi connectivity index (χ0v) is 7.30. The smallest absolute Gasteiger partial charge is 0.327 e. The van der Waals surface area contributed by atoms with Gasteiger partial charge < -0.3 is 5.11 Å². The fraction of sp³-hybridized carbons (Fsp3) is 0.571. The normalized spacial score (nSPS) is 10.5. The van der Waals surface area contributed by atoms with Crippen molar-refractivity contribution in [2.75, 3.05) is 5.33 Å². The van der Waals surface area contributed by atoms with E-state index in [-0.39, 0.29) is 0 Å². The lowest BCUT2D eigenvalue weighted by atomic mass is 10.2. The highest BCUT2D eigenvalue weighted by molar-refractivity contribution is 9.09. The molecule has 10 heavy (non-hydrogen) atoms. The summed E-state index contributed by atoms with van der Waals surface area (Å²) >= 11 is 3.29. The number of hydrogen-bond acceptors (Lipinski definition) is 1. The minimum atomic E-state index is -0.862. The summed E-state index contributed by atoms with van der Waals surface area (Å²) in [5.74, 6) is -0.862. The predicted octanol–water partition coefficient (Wildman–Crippen LogP) is 2.19. The first kappa shape index (κ1) is 9.69. The number of unbranched alkanes of at least 4 members (excludes halogenated alkanes) is 2. The second kappa shape index (κ2) is 6.81. The first-order chi connectivity index (χ1) is 4.77. The van der Waals surface area contributed by atoms with Gasteiger partial charge in [-0.2, -0.15) is 0 Å². The molecule has 0 amide bonds. The molecular weight excluding hydrogens is 196 g/mol. The molecule has 0 aliphatic rings. The maximum Gasteiger partial charge on any atom is 0.327 e. The monoisotopic (exact) mass is 206 g/mol. The number of alkyl halides is 1. The lowest BCUT2D eigenvalue weighted by molar-refractivity contribution is -0.131. The van der Waals surface area contributed by atoms with E-state index in [9.17, 15) is 4.79 Å². The number of hydrogen-bond donors (Lipinski definition) is 1. The van der Waals surface area contributed by atoms with Gasteiger partial charge in [0, 0.05) is 11.4 Å². The molecule has 0 radical (unpaired) electrons. The Kier molecular flexibility index (Phi) is 6.59. The van der Waals surface area contributed by atoms with E-state index in [1.165, 1.54) is 6.08 Å². The molecule has 0 bridgehead atoms. The van der Waals surface area contributed by atoms with Crippen molar-refractivity contribution in [3.63, 3.8) is 0 Å². The van der Waals surface area contributed by atoms with Crippen LogP contribution in [0.25, 0.3) is 0 Å². The van der Waals surface area contributed by atoms with Gasteiger partial charge in [-0.1, -0.05) is 22.0 Å². The van der Waals surface area contributed by atoms with E-state index in [0.29, 0.717) is 0 Å². The molecular formula is C7H11BrO2. The highest BCUT2D eigenvalue weighted by Crippen LogP contribution is 1.98. The highest BCUT2D eigenvalue weighted by atomic mass is 79.9. The maximum atomic E-state index is 9.94. The number of rotatable bonds is 5.